The van der Waals surface area contributed by atoms with Crippen LogP contribution in [0.1, 0.15) is 110 Å². The van der Waals surface area contributed by atoms with Crippen molar-refractivity contribution in [2.24, 2.45) is 17.8 Å². The first-order valence-electron chi connectivity index (χ1n) is 11.6. The van der Waals surface area contributed by atoms with Crippen molar-refractivity contribution in [3.8, 4) is 0 Å². The van der Waals surface area contributed by atoms with Crippen molar-refractivity contribution >= 4 is 37.9 Å². The van der Waals surface area contributed by atoms with E-state index in [1.165, 1.54) is 103 Å². The first-order chi connectivity index (χ1) is 12.6. The molecular weight excluding hydrogens is 372 g/mol. The van der Waals surface area contributed by atoms with E-state index in [-0.39, 0.29) is 0 Å². The van der Waals surface area contributed by atoms with Gasteiger partial charge >= 0.3 is 0 Å². The molecule has 0 radical (unpaired) electrons. The van der Waals surface area contributed by atoms with Gasteiger partial charge in [-0.15, -0.1) is 0 Å². The molecule has 0 N–H and O–H groups in total. The fraction of sp³-hybridized carbons (Fsp3) is 1.00. The van der Waals surface area contributed by atoms with Crippen LogP contribution in [-0.2, 0) is 0 Å². The van der Waals surface area contributed by atoms with Gasteiger partial charge in [0.1, 0.15) is 0 Å². The SMILES string of the molecule is CCC(S)CCCCCCC1CCC(C2CCCCCC(S)C2)C(S)C1. The molecule has 0 aromatic heterocycles. The molecule has 0 spiro atoms. The van der Waals surface area contributed by atoms with Gasteiger partial charge in [-0.2, -0.15) is 37.9 Å². The van der Waals surface area contributed by atoms with E-state index >= 15 is 0 Å². The van der Waals surface area contributed by atoms with E-state index in [0.29, 0.717) is 15.7 Å². The summed E-state index contributed by atoms with van der Waals surface area (Å²) in [6.07, 6.45) is 22.2. The molecule has 0 saturated heterocycles. The minimum Gasteiger partial charge on any atom is -0.176 e. The molecule has 3 heteroatoms. The second-order valence-electron chi connectivity index (χ2n) is 9.25. The van der Waals surface area contributed by atoms with Gasteiger partial charge in [0.25, 0.3) is 0 Å². The Kier molecular flexibility index (Phi) is 11.9. The minimum atomic E-state index is 0.625. The first-order valence-corrected chi connectivity index (χ1v) is 13.2. The van der Waals surface area contributed by atoms with E-state index in [2.05, 4.69) is 19.6 Å². The molecule has 2 saturated carbocycles. The Morgan fingerprint density at radius 2 is 1.62 bits per heavy atom. The Labute approximate surface area is 180 Å². The largest absolute Gasteiger partial charge is 0.176 e. The quantitative estimate of drug-likeness (QED) is 0.246. The van der Waals surface area contributed by atoms with Crippen molar-refractivity contribution in [1.29, 1.82) is 0 Å². The van der Waals surface area contributed by atoms with Gasteiger partial charge in [-0.1, -0.05) is 71.1 Å². The van der Waals surface area contributed by atoms with Gasteiger partial charge in [0.05, 0.1) is 0 Å². The van der Waals surface area contributed by atoms with E-state index in [1.54, 1.807) is 0 Å². The molecule has 2 rings (SSSR count). The molecule has 2 fully saturated rings. The van der Waals surface area contributed by atoms with Crippen molar-refractivity contribution in [3.05, 3.63) is 0 Å². The highest BCUT2D eigenvalue weighted by molar-refractivity contribution is 7.81. The molecule has 0 aromatic rings. The summed E-state index contributed by atoms with van der Waals surface area (Å²) in [4.78, 5) is 0. The smallest absolute Gasteiger partial charge is 0.00503 e. The summed E-state index contributed by atoms with van der Waals surface area (Å²) in [5.41, 5.74) is 0. The minimum absolute atomic E-state index is 0.625. The van der Waals surface area contributed by atoms with Crippen LogP contribution in [0.4, 0.5) is 0 Å². The van der Waals surface area contributed by atoms with E-state index < -0.39 is 0 Å². The van der Waals surface area contributed by atoms with Crippen molar-refractivity contribution < 1.29 is 0 Å². The summed E-state index contributed by atoms with van der Waals surface area (Å²) in [7, 11) is 0. The third-order valence-corrected chi connectivity index (χ3v) is 8.83. The number of hydrogen-bond acceptors (Lipinski definition) is 3. The average Bonchev–Trinajstić information content (AvgIpc) is 2.61. The highest BCUT2D eigenvalue weighted by Gasteiger charge is 2.34. The monoisotopic (exact) mass is 416 g/mol. The summed E-state index contributed by atoms with van der Waals surface area (Å²) >= 11 is 14.6. The molecule has 2 aliphatic rings. The summed E-state index contributed by atoms with van der Waals surface area (Å²) in [6.45, 7) is 2.24. The maximum atomic E-state index is 5.10. The molecule has 6 unspecified atom stereocenters. The van der Waals surface area contributed by atoms with Gasteiger partial charge in [-0.3, -0.25) is 0 Å². The van der Waals surface area contributed by atoms with Gasteiger partial charge in [0.2, 0.25) is 0 Å². The Bertz CT molecular complexity index is 359. The normalized spacial score (nSPS) is 34.8. The first kappa shape index (κ1) is 23.3. The third kappa shape index (κ3) is 8.60. The standard InChI is InChI=1S/C23H44S3/c1-2-20(24)12-8-4-3-6-10-18-14-15-22(23(26)16-18)19-11-7-5-9-13-21(25)17-19/h18-26H,2-17H2,1H3. The zero-order valence-corrected chi connectivity index (χ0v) is 19.8. The molecule has 0 bridgehead atoms. The fourth-order valence-corrected chi connectivity index (χ4v) is 6.70. The van der Waals surface area contributed by atoms with Crippen molar-refractivity contribution in [2.75, 3.05) is 0 Å². The van der Waals surface area contributed by atoms with Crippen LogP contribution < -0.4 is 0 Å². The summed E-state index contributed by atoms with van der Waals surface area (Å²) in [5.74, 6) is 2.71. The van der Waals surface area contributed by atoms with Crippen LogP contribution in [0.15, 0.2) is 0 Å². The second kappa shape index (κ2) is 13.3. The Morgan fingerprint density at radius 1 is 0.846 bits per heavy atom. The molecule has 0 nitrogen and oxygen atoms in total. The summed E-state index contributed by atoms with van der Waals surface area (Å²) < 4.78 is 0. The lowest BCUT2D eigenvalue weighted by Gasteiger charge is -2.40. The Balaban J connectivity index is 1.62. The van der Waals surface area contributed by atoms with Crippen molar-refractivity contribution in [3.63, 3.8) is 0 Å². The third-order valence-electron chi connectivity index (χ3n) is 7.14. The molecule has 2 aliphatic carbocycles. The van der Waals surface area contributed by atoms with E-state index in [4.69, 9.17) is 25.3 Å². The maximum Gasteiger partial charge on any atom is 0.00503 e. The number of rotatable bonds is 9. The van der Waals surface area contributed by atoms with Gasteiger partial charge < -0.3 is 0 Å². The van der Waals surface area contributed by atoms with Crippen LogP contribution in [0.25, 0.3) is 0 Å². The number of thiol groups is 3. The molecular formula is C23H44S3. The second-order valence-corrected chi connectivity index (χ2v) is 11.4. The lowest BCUT2D eigenvalue weighted by Crippen LogP contribution is -2.33. The molecule has 6 atom stereocenters. The van der Waals surface area contributed by atoms with Crippen molar-refractivity contribution in [2.45, 2.75) is 125 Å². The summed E-state index contributed by atoms with van der Waals surface area (Å²) in [6, 6.07) is 0. The highest BCUT2D eigenvalue weighted by atomic mass is 32.1. The van der Waals surface area contributed by atoms with E-state index in [0.717, 1.165) is 17.8 Å². The lowest BCUT2D eigenvalue weighted by molar-refractivity contribution is 0.180. The lowest BCUT2D eigenvalue weighted by atomic mass is 9.70. The molecule has 0 aromatic carbocycles. The van der Waals surface area contributed by atoms with Gasteiger partial charge in [0, 0.05) is 15.7 Å². The Morgan fingerprint density at radius 3 is 2.38 bits per heavy atom. The van der Waals surface area contributed by atoms with E-state index in [1.807, 2.05) is 0 Å². The van der Waals surface area contributed by atoms with E-state index in [9.17, 15) is 0 Å². The highest BCUT2D eigenvalue weighted by Crippen LogP contribution is 2.43. The molecule has 154 valence electrons. The molecule has 0 aliphatic heterocycles. The summed E-state index contributed by atoms with van der Waals surface area (Å²) in [5, 5.41) is 1.91. The fourth-order valence-electron chi connectivity index (χ4n) is 5.37. The van der Waals surface area contributed by atoms with Crippen LogP contribution in [0, 0.1) is 17.8 Å². The predicted molar refractivity (Wildman–Crippen MR) is 128 cm³/mol. The van der Waals surface area contributed by atoms with Crippen molar-refractivity contribution in [1.82, 2.24) is 0 Å². The van der Waals surface area contributed by atoms with Gasteiger partial charge in [0.15, 0.2) is 0 Å². The predicted octanol–water partition coefficient (Wildman–Crippen LogP) is 8.02. The van der Waals surface area contributed by atoms with Crippen LogP contribution in [0.5, 0.6) is 0 Å². The Hall–Kier alpha value is 1.05. The molecule has 0 heterocycles. The topological polar surface area (TPSA) is 0 Å². The maximum absolute atomic E-state index is 5.10. The molecule has 0 amide bonds. The zero-order chi connectivity index (χ0) is 18.8. The zero-order valence-electron chi connectivity index (χ0n) is 17.1. The average molecular weight is 417 g/mol. The van der Waals surface area contributed by atoms with Crippen LogP contribution in [0.2, 0.25) is 0 Å². The number of hydrogen-bond donors (Lipinski definition) is 3. The van der Waals surface area contributed by atoms with Gasteiger partial charge in [-0.05, 0) is 56.3 Å². The van der Waals surface area contributed by atoms with Gasteiger partial charge in [-0.25, -0.2) is 0 Å². The van der Waals surface area contributed by atoms with Crippen LogP contribution in [-0.4, -0.2) is 15.7 Å². The number of unbranched alkanes of at least 4 members (excludes halogenated alkanes) is 3. The van der Waals surface area contributed by atoms with Crippen LogP contribution in [0.3, 0.4) is 0 Å². The molecule has 26 heavy (non-hydrogen) atoms. The van der Waals surface area contributed by atoms with Crippen LogP contribution >= 0.6 is 37.9 Å².